The summed E-state index contributed by atoms with van der Waals surface area (Å²) < 4.78 is 29.2. The van der Waals surface area contributed by atoms with E-state index in [2.05, 4.69) is 9.71 Å². The summed E-state index contributed by atoms with van der Waals surface area (Å²) in [6.07, 6.45) is 4.36. The van der Waals surface area contributed by atoms with Crippen molar-refractivity contribution >= 4 is 10.0 Å². The lowest BCUT2D eigenvalue weighted by molar-refractivity contribution is 0.570. The van der Waals surface area contributed by atoms with Gasteiger partial charge >= 0.3 is 0 Å². The Morgan fingerprint density at radius 2 is 1.76 bits per heavy atom. The quantitative estimate of drug-likeness (QED) is 0.662. The molecule has 1 heterocycles. The zero-order valence-corrected chi connectivity index (χ0v) is 14.9. The van der Waals surface area contributed by atoms with Crippen molar-refractivity contribution in [3.8, 4) is 11.4 Å². The lowest BCUT2D eigenvalue weighted by atomic mass is 10.2. The predicted molar refractivity (Wildman–Crippen MR) is 98.6 cm³/mol. The number of imidazole rings is 1. The number of nitrogens with zero attached hydrogens (tertiary/aromatic N) is 2. The van der Waals surface area contributed by atoms with E-state index < -0.39 is 10.0 Å². The first-order valence-electron chi connectivity index (χ1n) is 8.19. The van der Waals surface area contributed by atoms with Gasteiger partial charge in [-0.15, -0.1) is 0 Å². The molecule has 25 heavy (non-hydrogen) atoms. The van der Waals surface area contributed by atoms with Crippen LogP contribution in [0.3, 0.4) is 0 Å². The van der Waals surface area contributed by atoms with Crippen molar-refractivity contribution in [2.24, 2.45) is 0 Å². The zero-order valence-electron chi connectivity index (χ0n) is 14.1. The number of aromatic nitrogens is 2. The summed E-state index contributed by atoms with van der Waals surface area (Å²) >= 11 is 0. The second-order valence-electron chi connectivity index (χ2n) is 5.87. The fourth-order valence-electron chi connectivity index (χ4n) is 2.59. The van der Waals surface area contributed by atoms with E-state index in [1.165, 1.54) is 0 Å². The van der Waals surface area contributed by atoms with E-state index in [4.69, 9.17) is 0 Å². The number of sulfonamides is 1. The van der Waals surface area contributed by atoms with Crippen molar-refractivity contribution in [2.75, 3.05) is 6.54 Å². The molecule has 5 nitrogen and oxygen atoms in total. The van der Waals surface area contributed by atoms with Gasteiger partial charge in [-0.2, -0.15) is 0 Å². The standard InChI is InChI=1S/C19H21N3O2S/c1-16-8-10-18(11-9-16)25(23,24)21-12-5-14-22-15-13-20-19(22)17-6-3-2-4-7-17/h2-4,6-11,13,15,21H,5,12,14H2,1H3. The predicted octanol–water partition coefficient (Wildman–Crippen LogP) is 3.23. The third-order valence-corrected chi connectivity index (χ3v) is 5.42. The summed E-state index contributed by atoms with van der Waals surface area (Å²) in [5.41, 5.74) is 2.08. The Bertz CT molecular complexity index is 917. The van der Waals surface area contributed by atoms with E-state index >= 15 is 0 Å². The van der Waals surface area contributed by atoms with Crippen LogP contribution < -0.4 is 4.72 Å². The van der Waals surface area contributed by atoms with Gasteiger partial charge < -0.3 is 4.57 Å². The minimum atomic E-state index is -3.46. The molecule has 3 rings (SSSR count). The van der Waals surface area contributed by atoms with Crippen LogP contribution in [0.1, 0.15) is 12.0 Å². The van der Waals surface area contributed by atoms with E-state index in [1.807, 2.05) is 48.0 Å². The van der Waals surface area contributed by atoms with Crippen LogP contribution in [0.5, 0.6) is 0 Å². The van der Waals surface area contributed by atoms with Crippen LogP contribution in [0, 0.1) is 6.92 Å². The molecule has 0 spiro atoms. The van der Waals surface area contributed by atoms with Gasteiger partial charge in [0.25, 0.3) is 0 Å². The van der Waals surface area contributed by atoms with Gasteiger partial charge in [-0.3, -0.25) is 0 Å². The molecule has 0 amide bonds. The monoisotopic (exact) mass is 355 g/mol. The summed E-state index contributed by atoms with van der Waals surface area (Å²) in [6.45, 7) is 3.00. The third kappa shape index (κ3) is 4.35. The third-order valence-electron chi connectivity index (χ3n) is 3.95. The molecule has 0 atom stereocenters. The number of hydrogen-bond donors (Lipinski definition) is 1. The molecule has 1 N–H and O–H groups in total. The molecule has 130 valence electrons. The topological polar surface area (TPSA) is 64.0 Å². The smallest absolute Gasteiger partial charge is 0.240 e. The van der Waals surface area contributed by atoms with Crippen LogP contribution in [0.15, 0.2) is 71.9 Å². The maximum atomic E-state index is 12.3. The van der Waals surface area contributed by atoms with Gasteiger partial charge in [-0.1, -0.05) is 48.0 Å². The lowest BCUT2D eigenvalue weighted by Crippen LogP contribution is -2.25. The van der Waals surface area contributed by atoms with Crippen LogP contribution >= 0.6 is 0 Å². The summed E-state index contributed by atoms with van der Waals surface area (Å²) in [7, 11) is -3.46. The average molecular weight is 355 g/mol. The van der Waals surface area contributed by atoms with Gasteiger partial charge in [-0.05, 0) is 25.5 Å². The summed E-state index contributed by atoms with van der Waals surface area (Å²) in [4.78, 5) is 4.69. The number of benzene rings is 2. The number of rotatable bonds is 7. The van der Waals surface area contributed by atoms with Crippen LogP contribution in [0.2, 0.25) is 0 Å². The lowest BCUT2D eigenvalue weighted by Gasteiger charge is -2.09. The Kier molecular flexibility index (Phi) is 5.31. The maximum Gasteiger partial charge on any atom is 0.240 e. The largest absolute Gasteiger partial charge is 0.331 e. The van der Waals surface area contributed by atoms with Crippen LogP contribution in [-0.2, 0) is 16.6 Å². The van der Waals surface area contributed by atoms with Crippen molar-refractivity contribution in [2.45, 2.75) is 24.8 Å². The van der Waals surface area contributed by atoms with Crippen molar-refractivity contribution in [3.63, 3.8) is 0 Å². The van der Waals surface area contributed by atoms with Gasteiger partial charge in [0.05, 0.1) is 4.90 Å². The first-order chi connectivity index (χ1) is 12.1. The first kappa shape index (κ1) is 17.4. The number of hydrogen-bond acceptors (Lipinski definition) is 3. The van der Waals surface area contributed by atoms with Crippen molar-refractivity contribution in [3.05, 3.63) is 72.6 Å². The molecule has 0 unspecified atom stereocenters. The molecular weight excluding hydrogens is 334 g/mol. The van der Waals surface area contributed by atoms with E-state index in [-0.39, 0.29) is 0 Å². The fourth-order valence-corrected chi connectivity index (χ4v) is 3.67. The molecule has 0 bridgehead atoms. The van der Waals surface area contributed by atoms with Gasteiger partial charge in [0.1, 0.15) is 5.82 Å². The number of nitrogens with one attached hydrogen (secondary N) is 1. The van der Waals surface area contributed by atoms with Crippen LogP contribution in [0.4, 0.5) is 0 Å². The highest BCUT2D eigenvalue weighted by Gasteiger charge is 2.13. The maximum absolute atomic E-state index is 12.3. The minimum absolute atomic E-state index is 0.297. The molecule has 0 saturated carbocycles. The molecule has 6 heteroatoms. The second-order valence-corrected chi connectivity index (χ2v) is 7.64. The van der Waals surface area contributed by atoms with E-state index in [1.54, 1.807) is 30.5 Å². The minimum Gasteiger partial charge on any atom is -0.331 e. The fraction of sp³-hybridized carbons (Fsp3) is 0.211. The average Bonchev–Trinajstić information content (AvgIpc) is 3.08. The normalized spacial score (nSPS) is 11.6. The highest BCUT2D eigenvalue weighted by Crippen LogP contribution is 2.17. The van der Waals surface area contributed by atoms with Crippen LogP contribution in [0.25, 0.3) is 11.4 Å². The van der Waals surface area contributed by atoms with E-state index in [9.17, 15) is 8.42 Å². The highest BCUT2D eigenvalue weighted by atomic mass is 32.2. The van der Waals surface area contributed by atoms with Crippen molar-refractivity contribution in [1.29, 1.82) is 0 Å². The van der Waals surface area contributed by atoms with Gasteiger partial charge in [-0.25, -0.2) is 18.1 Å². The molecule has 0 aliphatic rings. The van der Waals surface area contributed by atoms with E-state index in [0.717, 1.165) is 17.0 Å². The van der Waals surface area contributed by atoms with Crippen molar-refractivity contribution in [1.82, 2.24) is 14.3 Å². The number of aryl methyl sites for hydroxylation is 2. The molecule has 0 radical (unpaired) electrons. The summed E-state index contributed by atoms with van der Waals surface area (Å²) in [5, 5.41) is 0. The Labute approximate surface area is 148 Å². The Morgan fingerprint density at radius 3 is 2.48 bits per heavy atom. The molecular formula is C19H21N3O2S. The van der Waals surface area contributed by atoms with Gasteiger partial charge in [0.2, 0.25) is 10.0 Å². The van der Waals surface area contributed by atoms with Gasteiger partial charge in [0, 0.05) is 31.0 Å². The summed E-state index contributed by atoms with van der Waals surface area (Å²) in [5.74, 6) is 0.891. The zero-order chi connectivity index (χ0) is 17.7. The first-order valence-corrected chi connectivity index (χ1v) is 9.67. The molecule has 3 aromatic rings. The van der Waals surface area contributed by atoms with Crippen LogP contribution in [-0.4, -0.2) is 24.5 Å². The molecule has 1 aromatic heterocycles. The summed E-state index contributed by atoms with van der Waals surface area (Å²) in [6, 6.07) is 16.8. The highest BCUT2D eigenvalue weighted by molar-refractivity contribution is 7.89. The SMILES string of the molecule is Cc1ccc(S(=O)(=O)NCCCn2ccnc2-c2ccccc2)cc1. The molecule has 0 fully saturated rings. The molecule has 0 aliphatic carbocycles. The van der Waals surface area contributed by atoms with E-state index in [0.29, 0.717) is 24.4 Å². The molecule has 0 aliphatic heterocycles. The molecule has 2 aromatic carbocycles. The Morgan fingerprint density at radius 1 is 1.04 bits per heavy atom. The second kappa shape index (κ2) is 7.63. The Balaban J connectivity index is 1.58. The van der Waals surface area contributed by atoms with Crippen molar-refractivity contribution < 1.29 is 8.42 Å². The Hall–Kier alpha value is -2.44. The molecule has 0 saturated heterocycles. The van der Waals surface area contributed by atoms with Gasteiger partial charge in [0.15, 0.2) is 0 Å².